The molecule has 10 nitrogen and oxygen atoms in total. The van der Waals surface area contributed by atoms with Crippen molar-refractivity contribution in [2.75, 3.05) is 19.8 Å². The van der Waals surface area contributed by atoms with Gasteiger partial charge in [-0.3, -0.25) is 10.2 Å². The summed E-state index contributed by atoms with van der Waals surface area (Å²) in [7, 11) is 0. The first kappa shape index (κ1) is 31.6. The van der Waals surface area contributed by atoms with Crippen molar-refractivity contribution in [1.82, 2.24) is 10.9 Å². The number of nitrogens with one attached hydrogen (secondary N) is 2. The minimum Gasteiger partial charge on any atom is -0.494 e. The Bertz CT molecular complexity index is 1430. The summed E-state index contributed by atoms with van der Waals surface area (Å²) in [6.07, 6.45) is 0.872. The monoisotopic (exact) mass is 584 g/mol. The smallest absolute Gasteiger partial charge is 0.266 e. The predicted octanol–water partition coefficient (Wildman–Crippen LogP) is 5.81. The molecule has 2 atom stereocenters. The molecule has 0 saturated heterocycles. The van der Waals surface area contributed by atoms with Gasteiger partial charge in [0, 0.05) is 36.5 Å². The Morgan fingerprint density at radius 2 is 1.77 bits per heavy atom. The second kappa shape index (κ2) is 14.7. The van der Waals surface area contributed by atoms with Crippen LogP contribution >= 0.6 is 0 Å². The number of ether oxygens (including phenoxy) is 2. The highest BCUT2D eigenvalue weighted by atomic mass is 16.5. The van der Waals surface area contributed by atoms with Gasteiger partial charge in [0.2, 0.25) is 5.90 Å². The third-order valence-electron chi connectivity index (χ3n) is 7.22. The van der Waals surface area contributed by atoms with E-state index in [1.54, 1.807) is 0 Å². The van der Waals surface area contributed by atoms with Gasteiger partial charge in [-0.05, 0) is 58.3 Å². The molecule has 1 aliphatic rings. The zero-order chi connectivity index (χ0) is 30.7. The lowest BCUT2D eigenvalue weighted by atomic mass is 9.81. The SMILES string of the molecule is CC(C)(C)CCNNC(=O)[C@@]1(Cc2ccccc2CN=[N+]=[N-])N=C(c2ccc(OCCCO)cc2)O[C@H]1c1ccccc1. The minimum absolute atomic E-state index is 0.0603. The van der Waals surface area contributed by atoms with E-state index in [2.05, 4.69) is 41.6 Å². The van der Waals surface area contributed by atoms with Crippen molar-refractivity contribution in [2.24, 2.45) is 15.5 Å². The number of benzene rings is 3. The summed E-state index contributed by atoms with van der Waals surface area (Å²) in [5.74, 6) is 0.676. The maximum atomic E-state index is 14.3. The van der Waals surface area contributed by atoms with Crippen molar-refractivity contribution in [3.05, 3.63) is 112 Å². The van der Waals surface area contributed by atoms with Crippen LogP contribution in [0.2, 0.25) is 0 Å². The van der Waals surface area contributed by atoms with E-state index >= 15 is 0 Å². The van der Waals surface area contributed by atoms with E-state index in [1.807, 2.05) is 78.9 Å². The molecule has 3 N–H and O–H groups in total. The fourth-order valence-electron chi connectivity index (χ4n) is 4.88. The summed E-state index contributed by atoms with van der Waals surface area (Å²) in [4.78, 5) is 22.3. The second-order valence-corrected chi connectivity index (χ2v) is 11.7. The van der Waals surface area contributed by atoms with Gasteiger partial charge >= 0.3 is 0 Å². The van der Waals surface area contributed by atoms with E-state index < -0.39 is 11.6 Å². The zero-order valence-electron chi connectivity index (χ0n) is 25.0. The summed E-state index contributed by atoms with van der Waals surface area (Å²) >= 11 is 0. The van der Waals surface area contributed by atoms with E-state index in [-0.39, 0.29) is 30.9 Å². The highest BCUT2D eigenvalue weighted by molar-refractivity contribution is 6.01. The number of hydrogen-bond donors (Lipinski definition) is 3. The van der Waals surface area contributed by atoms with Crippen LogP contribution in [0.4, 0.5) is 0 Å². The van der Waals surface area contributed by atoms with Crippen molar-refractivity contribution in [2.45, 2.75) is 58.2 Å². The Hall–Kier alpha value is -4.37. The number of carbonyl (C=O) groups excluding carboxylic acids is 1. The summed E-state index contributed by atoms with van der Waals surface area (Å²) in [5.41, 5.74) is 16.9. The molecule has 0 fully saturated rings. The van der Waals surface area contributed by atoms with E-state index in [1.165, 1.54) is 0 Å². The number of nitrogens with zero attached hydrogens (tertiary/aromatic N) is 4. The van der Waals surface area contributed by atoms with E-state index in [0.717, 1.165) is 23.1 Å². The quantitative estimate of drug-likeness (QED) is 0.0720. The average molecular weight is 585 g/mol. The molecule has 0 saturated carbocycles. The molecule has 1 amide bonds. The van der Waals surface area contributed by atoms with Crippen LogP contribution in [0, 0.1) is 5.41 Å². The van der Waals surface area contributed by atoms with Gasteiger partial charge in [0.05, 0.1) is 13.2 Å². The number of aliphatic hydroxyl groups excluding tert-OH is 1. The topological polar surface area (TPSA) is 141 Å². The van der Waals surface area contributed by atoms with Crippen LogP contribution in [0.5, 0.6) is 5.75 Å². The summed E-state index contributed by atoms with van der Waals surface area (Å²) in [6.45, 7) is 7.65. The average Bonchev–Trinajstić information content (AvgIpc) is 3.39. The Morgan fingerprint density at radius 1 is 1.07 bits per heavy atom. The molecule has 3 aromatic rings. The maximum Gasteiger partial charge on any atom is 0.266 e. The molecule has 10 heteroatoms. The van der Waals surface area contributed by atoms with Crippen LogP contribution in [0.15, 0.2) is 89.0 Å². The first-order chi connectivity index (χ1) is 20.8. The molecule has 0 unspecified atom stereocenters. The van der Waals surface area contributed by atoms with Gasteiger partial charge in [-0.2, -0.15) is 0 Å². The Morgan fingerprint density at radius 3 is 2.44 bits per heavy atom. The van der Waals surface area contributed by atoms with Crippen LogP contribution in [0.3, 0.4) is 0 Å². The molecule has 0 bridgehead atoms. The molecular weight excluding hydrogens is 544 g/mol. The summed E-state index contributed by atoms with van der Waals surface area (Å²) < 4.78 is 12.3. The van der Waals surface area contributed by atoms with Crippen molar-refractivity contribution in [1.29, 1.82) is 0 Å². The number of aliphatic imine (C=N–C) groups is 1. The largest absolute Gasteiger partial charge is 0.494 e. The Labute approximate surface area is 252 Å². The van der Waals surface area contributed by atoms with Crippen LogP contribution in [0.25, 0.3) is 10.4 Å². The van der Waals surface area contributed by atoms with Gasteiger partial charge in [-0.25, -0.2) is 10.4 Å². The molecule has 0 aliphatic carbocycles. The van der Waals surface area contributed by atoms with Crippen LogP contribution in [0.1, 0.15) is 62.0 Å². The number of hydrogen-bond acceptors (Lipinski definition) is 7. The van der Waals surface area contributed by atoms with Gasteiger partial charge in [0.15, 0.2) is 11.6 Å². The van der Waals surface area contributed by atoms with Gasteiger partial charge in [-0.1, -0.05) is 80.5 Å². The first-order valence-corrected chi connectivity index (χ1v) is 14.5. The Kier molecular flexibility index (Phi) is 10.8. The maximum absolute atomic E-state index is 14.3. The minimum atomic E-state index is -1.38. The summed E-state index contributed by atoms with van der Waals surface area (Å²) in [6, 6.07) is 24.5. The first-order valence-electron chi connectivity index (χ1n) is 14.5. The number of aliphatic hydroxyl groups is 1. The molecule has 0 aromatic heterocycles. The van der Waals surface area contributed by atoms with Crippen molar-refractivity contribution in [3.8, 4) is 5.75 Å². The van der Waals surface area contributed by atoms with E-state index in [9.17, 15) is 4.79 Å². The van der Waals surface area contributed by atoms with Crippen LogP contribution in [-0.4, -0.2) is 42.2 Å². The van der Waals surface area contributed by atoms with Crippen molar-refractivity contribution >= 4 is 11.8 Å². The number of amides is 1. The highest BCUT2D eigenvalue weighted by Crippen LogP contribution is 2.43. The molecule has 4 rings (SSSR count). The molecule has 43 heavy (non-hydrogen) atoms. The third kappa shape index (κ3) is 8.35. The second-order valence-electron chi connectivity index (χ2n) is 11.7. The molecule has 0 radical (unpaired) electrons. The fraction of sp³-hybridized carbons (Fsp3) is 0.394. The van der Waals surface area contributed by atoms with E-state index in [0.29, 0.717) is 36.8 Å². The van der Waals surface area contributed by atoms with Gasteiger partial charge in [0.25, 0.3) is 5.91 Å². The van der Waals surface area contributed by atoms with Crippen molar-refractivity contribution < 1.29 is 19.4 Å². The highest BCUT2D eigenvalue weighted by Gasteiger charge is 2.53. The number of carbonyl (C=O) groups is 1. The Balaban J connectivity index is 1.76. The van der Waals surface area contributed by atoms with Crippen LogP contribution < -0.4 is 15.6 Å². The normalized spacial score (nSPS) is 17.9. The number of rotatable bonds is 14. The van der Waals surface area contributed by atoms with Gasteiger partial charge in [0.1, 0.15) is 5.75 Å². The number of azide groups is 1. The predicted molar refractivity (Wildman–Crippen MR) is 166 cm³/mol. The molecule has 0 spiro atoms. The molecule has 1 heterocycles. The zero-order valence-corrected chi connectivity index (χ0v) is 25.0. The molecule has 1 aliphatic heterocycles. The fourth-order valence-corrected chi connectivity index (χ4v) is 4.88. The van der Waals surface area contributed by atoms with Gasteiger partial charge < -0.3 is 14.6 Å². The standard InChI is InChI=1S/C33H40N6O4/c1-32(2,3)18-19-35-38-31(41)33(22-26-12-7-8-13-27(26)23-36-39-34)29(24-10-5-4-6-11-24)43-30(37-33)25-14-16-28(17-15-25)42-21-9-20-40/h4-8,10-17,29,35,40H,9,18-23H2,1-3H3,(H,38,41)/t29-,33-/m0/s1. The van der Waals surface area contributed by atoms with Crippen molar-refractivity contribution in [3.63, 3.8) is 0 Å². The summed E-state index contributed by atoms with van der Waals surface area (Å²) in [5, 5.41) is 12.8. The number of hydrazine groups is 1. The molecular formula is C33H40N6O4. The van der Waals surface area contributed by atoms with Crippen LogP contribution in [-0.2, 0) is 22.5 Å². The molecule has 226 valence electrons. The van der Waals surface area contributed by atoms with E-state index in [4.69, 9.17) is 25.1 Å². The third-order valence-corrected chi connectivity index (χ3v) is 7.22. The lowest BCUT2D eigenvalue weighted by Gasteiger charge is -2.31. The lowest BCUT2D eigenvalue weighted by Crippen LogP contribution is -2.54. The lowest BCUT2D eigenvalue weighted by molar-refractivity contribution is -0.130. The van der Waals surface area contributed by atoms with Gasteiger partial charge in [-0.15, -0.1) is 0 Å². The molecule has 3 aromatic carbocycles.